The summed E-state index contributed by atoms with van der Waals surface area (Å²) in [5, 5.41) is 8.78. The van der Waals surface area contributed by atoms with Crippen molar-refractivity contribution in [3.63, 3.8) is 0 Å². The van der Waals surface area contributed by atoms with Crippen LogP contribution < -0.4 is 4.72 Å². The summed E-state index contributed by atoms with van der Waals surface area (Å²) in [6.07, 6.45) is 0. The number of benzene rings is 2. The van der Waals surface area contributed by atoms with E-state index >= 15 is 0 Å². The summed E-state index contributed by atoms with van der Waals surface area (Å²) in [7, 11) is -3.78. The van der Waals surface area contributed by atoms with Crippen LogP contribution in [0.5, 0.6) is 0 Å². The minimum Gasteiger partial charge on any atom is -0.378 e. The van der Waals surface area contributed by atoms with Crippen LogP contribution in [0.15, 0.2) is 53.4 Å². The number of ether oxygens (including phenoxy) is 1. The van der Waals surface area contributed by atoms with Gasteiger partial charge in [0.05, 0.1) is 29.7 Å². The smallest absolute Gasteiger partial charge is 0.261 e. The lowest BCUT2D eigenvalue weighted by Gasteiger charge is -2.26. The van der Waals surface area contributed by atoms with Gasteiger partial charge in [0.15, 0.2) is 0 Å². The van der Waals surface area contributed by atoms with Gasteiger partial charge in [-0.2, -0.15) is 5.26 Å². The Labute approximate surface area is 151 Å². The molecular weight excluding hydrogens is 354 g/mol. The molecular formula is C18H17N3O4S. The molecule has 2 aromatic carbocycles. The maximum absolute atomic E-state index is 12.5. The topological polar surface area (TPSA) is 99.5 Å². The number of hydrogen-bond acceptors (Lipinski definition) is 5. The van der Waals surface area contributed by atoms with Crippen LogP contribution in [-0.4, -0.2) is 45.5 Å². The van der Waals surface area contributed by atoms with E-state index < -0.39 is 10.0 Å². The molecule has 1 aliphatic heterocycles. The number of hydrogen-bond donors (Lipinski definition) is 1. The molecule has 3 rings (SSSR count). The van der Waals surface area contributed by atoms with Crippen molar-refractivity contribution in [2.75, 3.05) is 31.0 Å². The number of carbonyl (C=O) groups is 1. The zero-order valence-electron chi connectivity index (χ0n) is 13.9. The molecule has 0 unspecified atom stereocenters. The molecule has 0 radical (unpaired) electrons. The van der Waals surface area contributed by atoms with Gasteiger partial charge in [-0.05, 0) is 48.5 Å². The summed E-state index contributed by atoms with van der Waals surface area (Å²) >= 11 is 0. The molecule has 1 amide bonds. The molecule has 1 saturated heterocycles. The zero-order valence-corrected chi connectivity index (χ0v) is 14.7. The Kier molecular flexibility index (Phi) is 5.21. The highest BCUT2D eigenvalue weighted by atomic mass is 32.2. The number of nitrogens with zero attached hydrogens (tertiary/aromatic N) is 2. The third-order valence-electron chi connectivity index (χ3n) is 3.98. The van der Waals surface area contributed by atoms with E-state index in [1.165, 1.54) is 48.5 Å². The standard InChI is InChI=1S/C18H17N3O4S/c19-13-14-1-5-16(6-2-14)20-26(23,24)17-7-3-15(4-8-17)18(22)21-9-11-25-12-10-21/h1-8,20H,9-12H2. The quantitative estimate of drug-likeness (QED) is 0.884. The van der Waals surface area contributed by atoms with Crippen LogP contribution >= 0.6 is 0 Å². The van der Waals surface area contributed by atoms with E-state index in [1.807, 2.05) is 6.07 Å². The number of morpholine rings is 1. The number of nitrogens with one attached hydrogen (secondary N) is 1. The number of nitriles is 1. The molecule has 0 aromatic heterocycles. The Morgan fingerprint density at radius 1 is 1.04 bits per heavy atom. The number of carbonyl (C=O) groups excluding carboxylic acids is 1. The molecule has 0 bridgehead atoms. The summed E-state index contributed by atoms with van der Waals surface area (Å²) < 4.78 is 32.6. The Morgan fingerprint density at radius 2 is 1.65 bits per heavy atom. The van der Waals surface area contributed by atoms with Crippen LogP contribution in [0.4, 0.5) is 5.69 Å². The number of sulfonamides is 1. The van der Waals surface area contributed by atoms with Gasteiger partial charge in [-0.1, -0.05) is 0 Å². The molecule has 8 heteroatoms. The monoisotopic (exact) mass is 371 g/mol. The Balaban J connectivity index is 1.73. The van der Waals surface area contributed by atoms with E-state index in [9.17, 15) is 13.2 Å². The number of anilines is 1. The molecule has 0 saturated carbocycles. The maximum Gasteiger partial charge on any atom is 0.261 e. The van der Waals surface area contributed by atoms with Gasteiger partial charge < -0.3 is 9.64 Å². The molecule has 26 heavy (non-hydrogen) atoms. The van der Waals surface area contributed by atoms with Crippen molar-refractivity contribution < 1.29 is 17.9 Å². The second-order valence-electron chi connectivity index (χ2n) is 5.72. The fourth-order valence-electron chi connectivity index (χ4n) is 2.55. The molecule has 0 atom stereocenters. The van der Waals surface area contributed by atoms with Crippen LogP contribution in [0, 0.1) is 11.3 Å². The van der Waals surface area contributed by atoms with Crippen molar-refractivity contribution in [2.45, 2.75) is 4.90 Å². The first kappa shape index (κ1) is 17.9. The van der Waals surface area contributed by atoms with Crippen LogP contribution in [-0.2, 0) is 14.8 Å². The lowest BCUT2D eigenvalue weighted by Crippen LogP contribution is -2.40. The lowest BCUT2D eigenvalue weighted by atomic mass is 10.2. The molecule has 7 nitrogen and oxygen atoms in total. The first-order chi connectivity index (χ1) is 12.5. The van der Waals surface area contributed by atoms with Crippen LogP contribution in [0.3, 0.4) is 0 Å². The Bertz CT molecular complexity index is 926. The normalized spacial score (nSPS) is 14.5. The number of amides is 1. The van der Waals surface area contributed by atoms with E-state index in [0.717, 1.165) is 0 Å². The molecule has 1 fully saturated rings. The predicted octanol–water partition coefficient (Wildman–Crippen LogP) is 1.83. The molecule has 1 aliphatic rings. The van der Waals surface area contributed by atoms with Gasteiger partial charge in [-0.3, -0.25) is 9.52 Å². The van der Waals surface area contributed by atoms with Crippen molar-refractivity contribution >= 4 is 21.6 Å². The van der Waals surface area contributed by atoms with Gasteiger partial charge in [0.25, 0.3) is 15.9 Å². The van der Waals surface area contributed by atoms with E-state index in [-0.39, 0.29) is 10.8 Å². The highest BCUT2D eigenvalue weighted by Crippen LogP contribution is 2.18. The van der Waals surface area contributed by atoms with Gasteiger partial charge in [0.2, 0.25) is 0 Å². The lowest BCUT2D eigenvalue weighted by molar-refractivity contribution is 0.0303. The first-order valence-electron chi connectivity index (χ1n) is 8.00. The highest BCUT2D eigenvalue weighted by Gasteiger charge is 2.20. The molecule has 1 heterocycles. The van der Waals surface area contributed by atoms with Gasteiger partial charge in [0, 0.05) is 24.3 Å². The van der Waals surface area contributed by atoms with Crippen molar-refractivity contribution in [3.05, 3.63) is 59.7 Å². The average Bonchev–Trinajstić information content (AvgIpc) is 2.68. The fraction of sp³-hybridized carbons (Fsp3) is 0.222. The zero-order chi connectivity index (χ0) is 18.6. The summed E-state index contributed by atoms with van der Waals surface area (Å²) in [5.41, 5.74) is 1.24. The van der Waals surface area contributed by atoms with Crippen LogP contribution in [0.2, 0.25) is 0 Å². The van der Waals surface area contributed by atoms with E-state index in [4.69, 9.17) is 10.00 Å². The van der Waals surface area contributed by atoms with Gasteiger partial charge >= 0.3 is 0 Å². The summed E-state index contributed by atoms with van der Waals surface area (Å²) in [6, 6.07) is 13.9. The largest absolute Gasteiger partial charge is 0.378 e. The van der Waals surface area contributed by atoms with E-state index in [1.54, 1.807) is 4.90 Å². The van der Waals surface area contributed by atoms with Crippen LogP contribution in [0.25, 0.3) is 0 Å². The SMILES string of the molecule is N#Cc1ccc(NS(=O)(=O)c2ccc(C(=O)N3CCOCC3)cc2)cc1. The molecule has 0 aliphatic carbocycles. The van der Waals surface area contributed by atoms with E-state index in [2.05, 4.69) is 4.72 Å². The Hall–Kier alpha value is -2.89. The minimum absolute atomic E-state index is 0.0559. The second kappa shape index (κ2) is 7.56. The minimum atomic E-state index is -3.78. The summed E-state index contributed by atoms with van der Waals surface area (Å²) in [4.78, 5) is 14.1. The van der Waals surface area contributed by atoms with Crippen molar-refractivity contribution in [2.24, 2.45) is 0 Å². The van der Waals surface area contributed by atoms with Crippen LogP contribution in [0.1, 0.15) is 15.9 Å². The third-order valence-corrected chi connectivity index (χ3v) is 5.37. The molecule has 134 valence electrons. The molecule has 2 aromatic rings. The summed E-state index contributed by atoms with van der Waals surface area (Å²) in [5.74, 6) is -0.141. The maximum atomic E-state index is 12.5. The third kappa shape index (κ3) is 4.02. The van der Waals surface area contributed by atoms with Gasteiger partial charge in [0.1, 0.15) is 0 Å². The van der Waals surface area contributed by atoms with Gasteiger partial charge in [-0.25, -0.2) is 8.42 Å². The number of rotatable bonds is 4. The first-order valence-corrected chi connectivity index (χ1v) is 9.48. The Morgan fingerprint density at radius 3 is 2.23 bits per heavy atom. The fourth-order valence-corrected chi connectivity index (χ4v) is 3.61. The molecule has 1 N–H and O–H groups in total. The highest BCUT2D eigenvalue weighted by molar-refractivity contribution is 7.92. The van der Waals surface area contributed by atoms with Crippen molar-refractivity contribution in [1.82, 2.24) is 4.90 Å². The van der Waals surface area contributed by atoms with Crippen molar-refractivity contribution in [3.8, 4) is 6.07 Å². The average molecular weight is 371 g/mol. The second-order valence-corrected chi connectivity index (χ2v) is 7.41. The molecule has 0 spiro atoms. The van der Waals surface area contributed by atoms with E-state index in [0.29, 0.717) is 43.1 Å². The predicted molar refractivity (Wildman–Crippen MR) is 95.1 cm³/mol. The summed E-state index contributed by atoms with van der Waals surface area (Å²) in [6.45, 7) is 2.07. The van der Waals surface area contributed by atoms with Crippen molar-refractivity contribution in [1.29, 1.82) is 5.26 Å². The van der Waals surface area contributed by atoms with Gasteiger partial charge in [-0.15, -0.1) is 0 Å².